The first-order valence-electron chi connectivity index (χ1n) is 10.3. The maximum atomic E-state index is 13.4. The number of ether oxygens (including phenoxy) is 1. The summed E-state index contributed by atoms with van der Waals surface area (Å²) in [5, 5.41) is 0. The lowest BCUT2D eigenvalue weighted by Crippen LogP contribution is -2.53. The minimum absolute atomic E-state index is 0.180. The molecule has 0 bridgehead atoms. The molecule has 0 N–H and O–H groups in total. The van der Waals surface area contributed by atoms with Gasteiger partial charge in [0.1, 0.15) is 12.3 Å². The maximum Gasteiger partial charge on any atom is 0.247 e. The van der Waals surface area contributed by atoms with Gasteiger partial charge in [-0.25, -0.2) is 0 Å². The van der Waals surface area contributed by atoms with Crippen molar-refractivity contribution in [2.45, 2.75) is 52.0 Å². The number of allylic oxidation sites excluding steroid dienone is 1. The van der Waals surface area contributed by atoms with Gasteiger partial charge in [-0.2, -0.15) is 0 Å². The fraction of sp³-hybridized carbons (Fsp3) is 0.522. The first kappa shape index (κ1) is 19.7. The quantitative estimate of drug-likeness (QED) is 0.735. The summed E-state index contributed by atoms with van der Waals surface area (Å²) < 4.78 is 5.37. The summed E-state index contributed by atoms with van der Waals surface area (Å²) in [6, 6.07) is 5.66. The van der Waals surface area contributed by atoms with Crippen LogP contribution in [0.25, 0.3) is 5.57 Å². The highest BCUT2D eigenvalue weighted by Crippen LogP contribution is 2.42. The van der Waals surface area contributed by atoms with Crippen molar-refractivity contribution >= 4 is 29.0 Å². The summed E-state index contributed by atoms with van der Waals surface area (Å²) in [6.45, 7) is 5.74. The predicted octanol–water partition coefficient (Wildman–Crippen LogP) is 3.40. The highest BCUT2D eigenvalue weighted by molar-refractivity contribution is 6.10. The van der Waals surface area contributed by atoms with Crippen molar-refractivity contribution in [3.8, 4) is 5.75 Å². The minimum atomic E-state index is -0.584. The van der Waals surface area contributed by atoms with E-state index >= 15 is 0 Å². The number of fused-ring (bicyclic) bond motifs is 2. The van der Waals surface area contributed by atoms with Crippen molar-refractivity contribution in [2.24, 2.45) is 11.8 Å². The lowest BCUT2D eigenvalue weighted by molar-refractivity contribution is -0.143. The van der Waals surface area contributed by atoms with Crippen LogP contribution in [-0.2, 0) is 14.4 Å². The van der Waals surface area contributed by atoms with Gasteiger partial charge < -0.3 is 9.64 Å². The summed E-state index contributed by atoms with van der Waals surface area (Å²) in [4.78, 5) is 42.0. The number of nitrogens with zero attached hydrogens (tertiary/aromatic N) is 2. The average molecular weight is 396 g/mol. The van der Waals surface area contributed by atoms with E-state index in [0.29, 0.717) is 5.75 Å². The Morgan fingerprint density at radius 3 is 2.34 bits per heavy atom. The third-order valence-electron chi connectivity index (χ3n) is 6.49. The van der Waals surface area contributed by atoms with E-state index in [9.17, 15) is 14.4 Å². The molecule has 1 saturated heterocycles. The van der Waals surface area contributed by atoms with E-state index in [1.807, 2.05) is 45.0 Å². The molecule has 1 aromatic rings. The zero-order valence-corrected chi connectivity index (χ0v) is 17.5. The van der Waals surface area contributed by atoms with Crippen molar-refractivity contribution in [1.29, 1.82) is 0 Å². The summed E-state index contributed by atoms with van der Waals surface area (Å²) in [6.07, 6.45) is 5.48. The van der Waals surface area contributed by atoms with E-state index in [0.717, 1.165) is 42.5 Å². The fourth-order valence-corrected chi connectivity index (χ4v) is 5.19. The Morgan fingerprint density at radius 2 is 1.76 bits per heavy atom. The number of carbonyl (C=O) groups excluding carboxylic acids is 3. The Hall–Kier alpha value is -2.63. The lowest BCUT2D eigenvalue weighted by Gasteiger charge is -2.42. The SMILES string of the molecule is COc1ccc2c(c1)N(C(=O)CN1C(=O)[C@@H]3CCCC[C@H]3C1=O)C(C)(C)C=C2C. The van der Waals surface area contributed by atoms with E-state index in [1.165, 1.54) is 4.90 Å². The van der Waals surface area contributed by atoms with E-state index in [4.69, 9.17) is 4.74 Å². The largest absolute Gasteiger partial charge is 0.497 e. The van der Waals surface area contributed by atoms with Crippen LogP contribution < -0.4 is 9.64 Å². The maximum absolute atomic E-state index is 13.4. The molecule has 0 spiro atoms. The molecule has 1 aliphatic carbocycles. The Bertz CT molecular complexity index is 893. The number of anilines is 1. The van der Waals surface area contributed by atoms with E-state index in [1.54, 1.807) is 12.0 Å². The third-order valence-corrected chi connectivity index (χ3v) is 6.49. The monoisotopic (exact) mass is 396 g/mol. The van der Waals surface area contributed by atoms with Gasteiger partial charge in [-0.05, 0) is 51.3 Å². The van der Waals surface area contributed by atoms with Gasteiger partial charge in [-0.15, -0.1) is 0 Å². The molecule has 2 fully saturated rings. The molecule has 154 valence electrons. The van der Waals surface area contributed by atoms with Crippen LogP contribution in [0.3, 0.4) is 0 Å². The van der Waals surface area contributed by atoms with Crippen LogP contribution in [0.4, 0.5) is 5.69 Å². The Kier molecular flexibility index (Phi) is 4.75. The zero-order valence-electron chi connectivity index (χ0n) is 17.5. The number of methoxy groups -OCH3 is 1. The summed E-state index contributed by atoms with van der Waals surface area (Å²) >= 11 is 0. The van der Waals surface area contributed by atoms with Crippen LogP contribution in [0, 0.1) is 11.8 Å². The number of hydrogen-bond acceptors (Lipinski definition) is 4. The molecular weight excluding hydrogens is 368 g/mol. The van der Waals surface area contributed by atoms with Gasteiger partial charge in [-0.1, -0.05) is 18.9 Å². The second kappa shape index (κ2) is 7.01. The van der Waals surface area contributed by atoms with Crippen LogP contribution in [0.1, 0.15) is 52.0 Å². The van der Waals surface area contributed by atoms with Crippen LogP contribution in [0.2, 0.25) is 0 Å². The van der Waals surface area contributed by atoms with Gasteiger partial charge in [0.25, 0.3) is 0 Å². The van der Waals surface area contributed by atoms with Gasteiger partial charge in [0.2, 0.25) is 17.7 Å². The molecule has 3 amide bonds. The Morgan fingerprint density at radius 1 is 1.14 bits per heavy atom. The second-order valence-electron chi connectivity index (χ2n) is 8.85. The molecule has 0 unspecified atom stereocenters. The Labute approximate surface area is 171 Å². The molecule has 0 radical (unpaired) electrons. The van der Waals surface area contributed by atoms with Gasteiger partial charge in [0, 0.05) is 11.6 Å². The number of carbonyl (C=O) groups is 3. The second-order valence-corrected chi connectivity index (χ2v) is 8.85. The topological polar surface area (TPSA) is 66.9 Å². The molecule has 2 atom stereocenters. The zero-order chi connectivity index (χ0) is 20.9. The molecule has 1 saturated carbocycles. The number of imide groups is 1. The first-order valence-corrected chi connectivity index (χ1v) is 10.3. The van der Waals surface area contributed by atoms with Crippen molar-refractivity contribution in [3.63, 3.8) is 0 Å². The van der Waals surface area contributed by atoms with E-state index in [2.05, 4.69) is 0 Å². The van der Waals surface area contributed by atoms with Crippen molar-refractivity contribution in [2.75, 3.05) is 18.6 Å². The van der Waals surface area contributed by atoms with E-state index in [-0.39, 0.29) is 36.1 Å². The fourth-order valence-electron chi connectivity index (χ4n) is 5.19. The van der Waals surface area contributed by atoms with Crippen molar-refractivity contribution in [1.82, 2.24) is 4.90 Å². The highest BCUT2D eigenvalue weighted by Gasteiger charge is 2.49. The predicted molar refractivity (Wildman–Crippen MR) is 110 cm³/mol. The van der Waals surface area contributed by atoms with Crippen LogP contribution in [0.15, 0.2) is 24.3 Å². The molecule has 2 aliphatic heterocycles. The minimum Gasteiger partial charge on any atom is -0.497 e. The van der Waals surface area contributed by atoms with Crippen LogP contribution in [0.5, 0.6) is 5.75 Å². The lowest BCUT2D eigenvalue weighted by atomic mass is 9.81. The number of hydrogen-bond donors (Lipinski definition) is 0. The number of amides is 3. The first-order chi connectivity index (χ1) is 13.7. The van der Waals surface area contributed by atoms with Gasteiger partial charge in [0.05, 0.1) is 30.2 Å². The molecule has 29 heavy (non-hydrogen) atoms. The van der Waals surface area contributed by atoms with Crippen molar-refractivity contribution in [3.05, 3.63) is 29.8 Å². The summed E-state index contributed by atoms with van der Waals surface area (Å²) in [5.74, 6) is -0.443. The number of benzene rings is 1. The molecule has 4 rings (SSSR count). The van der Waals surface area contributed by atoms with E-state index < -0.39 is 5.54 Å². The number of likely N-dealkylation sites (tertiary alicyclic amines) is 1. The molecule has 0 aromatic heterocycles. The van der Waals surface area contributed by atoms with Gasteiger partial charge in [-0.3, -0.25) is 19.3 Å². The average Bonchev–Trinajstić information content (AvgIpc) is 2.92. The standard InChI is InChI=1S/C23H28N2O4/c1-14-12-23(2,3)25(19-11-15(29-4)9-10-16(14)19)20(26)13-24-21(27)17-7-5-6-8-18(17)22(24)28/h9-12,17-18H,5-8,13H2,1-4H3/t17-,18-/m1/s1. The molecule has 2 heterocycles. The highest BCUT2D eigenvalue weighted by atomic mass is 16.5. The van der Waals surface area contributed by atoms with Gasteiger partial charge >= 0.3 is 0 Å². The number of rotatable bonds is 3. The molecule has 1 aromatic carbocycles. The summed E-state index contributed by atoms with van der Waals surface area (Å²) in [7, 11) is 1.59. The van der Waals surface area contributed by atoms with Crippen LogP contribution in [-0.4, -0.2) is 41.8 Å². The summed E-state index contributed by atoms with van der Waals surface area (Å²) in [5.41, 5.74) is 2.19. The molecule has 6 nitrogen and oxygen atoms in total. The van der Waals surface area contributed by atoms with Gasteiger partial charge in [0.15, 0.2) is 0 Å². The normalized spacial score (nSPS) is 25.4. The Balaban J connectivity index is 1.66. The molecule has 3 aliphatic rings. The third kappa shape index (κ3) is 3.15. The molecule has 6 heteroatoms. The smallest absolute Gasteiger partial charge is 0.247 e. The van der Waals surface area contributed by atoms with Crippen LogP contribution >= 0.6 is 0 Å². The molecular formula is C23H28N2O4. The van der Waals surface area contributed by atoms with Crippen molar-refractivity contribution < 1.29 is 19.1 Å².